The number of hydrogen-bond acceptors (Lipinski definition) is 6. The number of benzene rings is 2. The molecule has 0 radical (unpaired) electrons. The molecule has 2 aliphatic heterocycles. The van der Waals surface area contributed by atoms with Crippen molar-refractivity contribution < 1.29 is 31.9 Å². The van der Waals surface area contributed by atoms with Crippen molar-refractivity contribution in [1.82, 2.24) is 14.9 Å². The number of piperidine rings is 1. The van der Waals surface area contributed by atoms with Crippen molar-refractivity contribution in [2.75, 3.05) is 26.9 Å². The third kappa shape index (κ3) is 6.89. The van der Waals surface area contributed by atoms with Crippen LogP contribution < -0.4 is 15.4 Å². The Kier molecular flexibility index (Phi) is 9.35. The van der Waals surface area contributed by atoms with Crippen LogP contribution in [0.5, 0.6) is 5.75 Å². The van der Waals surface area contributed by atoms with Crippen molar-refractivity contribution in [3.05, 3.63) is 59.9 Å². The molecule has 2 aliphatic rings. The maximum absolute atomic E-state index is 13.8. The van der Waals surface area contributed by atoms with Crippen LogP contribution in [0.2, 0.25) is 0 Å². The summed E-state index contributed by atoms with van der Waals surface area (Å²) in [5.41, 5.74) is 0.811. The normalized spacial score (nSPS) is 19.9. The lowest BCUT2D eigenvalue weighted by molar-refractivity contribution is -0.132. The fourth-order valence-electron chi connectivity index (χ4n) is 4.84. The van der Waals surface area contributed by atoms with Gasteiger partial charge in [-0.2, -0.15) is 4.31 Å². The topological polar surface area (TPSA) is 114 Å². The minimum atomic E-state index is -4.12. The van der Waals surface area contributed by atoms with E-state index in [1.807, 2.05) is 12.1 Å². The minimum absolute atomic E-state index is 0.0638. The zero-order valence-corrected chi connectivity index (χ0v) is 22.2. The molecule has 2 aromatic carbocycles. The lowest BCUT2D eigenvalue weighted by atomic mass is 10.0. The summed E-state index contributed by atoms with van der Waals surface area (Å²) in [7, 11) is -2.56. The van der Waals surface area contributed by atoms with Crippen LogP contribution in [0.1, 0.15) is 37.7 Å². The van der Waals surface area contributed by atoms with E-state index in [0.29, 0.717) is 51.1 Å². The number of amides is 2. The van der Waals surface area contributed by atoms with Crippen molar-refractivity contribution in [2.24, 2.45) is 0 Å². The molecule has 0 aromatic heterocycles. The molecule has 0 unspecified atom stereocenters. The summed E-state index contributed by atoms with van der Waals surface area (Å²) in [6, 6.07) is 9.96. The Morgan fingerprint density at radius 3 is 2.53 bits per heavy atom. The van der Waals surface area contributed by atoms with Crippen molar-refractivity contribution in [3.8, 4) is 5.75 Å². The summed E-state index contributed by atoms with van der Waals surface area (Å²) in [4.78, 5) is 26.7. The number of halogens is 1. The molecule has 2 saturated heterocycles. The van der Waals surface area contributed by atoms with Gasteiger partial charge < -0.3 is 20.1 Å². The lowest BCUT2D eigenvalue weighted by Crippen LogP contribution is -2.57. The molecule has 0 aliphatic carbocycles. The van der Waals surface area contributed by atoms with Gasteiger partial charge in [0.15, 0.2) is 0 Å². The van der Waals surface area contributed by atoms with E-state index in [0.717, 1.165) is 15.9 Å². The number of carbonyl (C=O) groups excluding carboxylic acids is 2. The Morgan fingerprint density at radius 1 is 1.11 bits per heavy atom. The molecule has 0 spiro atoms. The number of hydrogen-bond donors (Lipinski definition) is 2. The van der Waals surface area contributed by atoms with Gasteiger partial charge in [0.2, 0.25) is 21.8 Å². The highest BCUT2D eigenvalue weighted by Crippen LogP contribution is 2.26. The van der Waals surface area contributed by atoms with Gasteiger partial charge in [0.25, 0.3) is 0 Å². The molecule has 2 amide bonds. The van der Waals surface area contributed by atoms with Crippen LogP contribution >= 0.6 is 0 Å². The predicted molar refractivity (Wildman–Crippen MR) is 139 cm³/mol. The van der Waals surface area contributed by atoms with E-state index < -0.39 is 33.8 Å². The standard InChI is InChI=1S/C27H34FN3O6S/c1-36-22-10-8-19(9-11-22)17-24(26(32)29-21-12-15-37-16-13-21)30-27(33)25-7-2-3-14-31(25)38(34,35)23-6-4-5-20(28)18-23/h4-6,8-11,18,21,24-25H,2-3,7,12-17H2,1H3,(H,29,32)(H,30,33)/t24-,25-/m0/s1. The lowest BCUT2D eigenvalue weighted by Gasteiger charge is -2.34. The van der Waals surface area contributed by atoms with Crippen molar-refractivity contribution in [3.63, 3.8) is 0 Å². The van der Waals surface area contributed by atoms with E-state index in [-0.39, 0.29) is 29.8 Å². The fraction of sp³-hybridized carbons (Fsp3) is 0.481. The summed E-state index contributed by atoms with van der Waals surface area (Å²) in [5.74, 6) is -0.892. The number of rotatable bonds is 9. The molecule has 38 heavy (non-hydrogen) atoms. The number of methoxy groups -OCH3 is 1. The van der Waals surface area contributed by atoms with Crippen LogP contribution in [-0.2, 0) is 30.8 Å². The van der Waals surface area contributed by atoms with E-state index in [1.54, 1.807) is 19.2 Å². The SMILES string of the molecule is COc1ccc(C[C@H](NC(=O)[C@@H]2CCCCN2S(=O)(=O)c2cccc(F)c2)C(=O)NC2CCOCC2)cc1. The first-order chi connectivity index (χ1) is 18.3. The van der Waals surface area contributed by atoms with Gasteiger partial charge in [0, 0.05) is 32.2 Å². The second-order valence-electron chi connectivity index (χ2n) is 9.59. The summed E-state index contributed by atoms with van der Waals surface area (Å²) in [6.45, 7) is 1.24. The molecule has 11 heteroatoms. The third-order valence-electron chi connectivity index (χ3n) is 6.96. The maximum atomic E-state index is 13.8. The summed E-state index contributed by atoms with van der Waals surface area (Å²) < 4.78 is 52.2. The largest absolute Gasteiger partial charge is 0.497 e. The maximum Gasteiger partial charge on any atom is 0.243 e. The zero-order chi connectivity index (χ0) is 27.1. The first-order valence-electron chi connectivity index (χ1n) is 12.9. The second-order valence-corrected chi connectivity index (χ2v) is 11.5. The van der Waals surface area contributed by atoms with Crippen LogP contribution in [0.4, 0.5) is 4.39 Å². The molecule has 0 saturated carbocycles. The molecule has 2 heterocycles. The summed E-state index contributed by atoms with van der Waals surface area (Å²) in [6.07, 6.45) is 3.11. The Morgan fingerprint density at radius 2 is 1.84 bits per heavy atom. The summed E-state index contributed by atoms with van der Waals surface area (Å²) in [5, 5.41) is 5.84. The van der Waals surface area contributed by atoms with Gasteiger partial charge in [-0.25, -0.2) is 12.8 Å². The van der Waals surface area contributed by atoms with Crippen LogP contribution in [0.15, 0.2) is 53.4 Å². The first kappa shape index (κ1) is 28.0. The smallest absolute Gasteiger partial charge is 0.243 e. The van der Waals surface area contributed by atoms with Crippen LogP contribution in [-0.4, -0.2) is 69.5 Å². The van der Waals surface area contributed by atoms with Gasteiger partial charge in [0.1, 0.15) is 23.7 Å². The number of ether oxygens (including phenoxy) is 2. The molecule has 2 atom stereocenters. The Labute approximate surface area is 222 Å². The number of carbonyl (C=O) groups is 2. The quantitative estimate of drug-likeness (QED) is 0.499. The van der Waals surface area contributed by atoms with Gasteiger partial charge in [-0.05, 0) is 61.6 Å². The van der Waals surface area contributed by atoms with Gasteiger partial charge in [-0.15, -0.1) is 0 Å². The van der Waals surface area contributed by atoms with E-state index in [4.69, 9.17) is 9.47 Å². The van der Waals surface area contributed by atoms with Crippen LogP contribution in [0.3, 0.4) is 0 Å². The molecular formula is C27H34FN3O6S. The van der Waals surface area contributed by atoms with Crippen molar-refractivity contribution >= 4 is 21.8 Å². The Bertz CT molecular complexity index is 1220. The predicted octanol–water partition coefficient (Wildman–Crippen LogP) is 2.40. The average Bonchev–Trinajstić information content (AvgIpc) is 2.93. The van der Waals surface area contributed by atoms with Crippen LogP contribution in [0.25, 0.3) is 0 Å². The molecule has 2 fully saturated rings. The van der Waals surface area contributed by atoms with Gasteiger partial charge in [0.05, 0.1) is 12.0 Å². The average molecular weight is 548 g/mol. The molecule has 9 nitrogen and oxygen atoms in total. The zero-order valence-electron chi connectivity index (χ0n) is 21.4. The second kappa shape index (κ2) is 12.7. The van der Waals surface area contributed by atoms with E-state index >= 15 is 0 Å². The molecule has 2 aromatic rings. The monoisotopic (exact) mass is 547 g/mol. The minimum Gasteiger partial charge on any atom is -0.497 e. The molecular weight excluding hydrogens is 513 g/mol. The summed E-state index contributed by atoms with van der Waals surface area (Å²) >= 11 is 0. The van der Waals surface area contributed by atoms with Gasteiger partial charge in [-0.3, -0.25) is 9.59 Å². The van der Waals surface area contributed by atoms with Gasteiger partial charge >= 0.3 is 0 Å². The van der Waals surface area contributed by atoms with E-state index in [2.05, 4.69) is 10.6 Å². The van der Waals surface area contributed by atoms with Gasteiger partial charge in [-0.1, -0.05) is 24.6 Å². The molecule has 2 N–H and O–H groups in total. The Balaban J connectivity index is 1.54. The van der Waals surface area contributed by atoms with E-state index in [9.17, 15) is 22.4 Å². The molecule has 206 valence electrons. The number of nitrogens with zero attached hydrogens (tertiary/aromatic N) is 1. The highest BCUT2D eigenvalue weighted by Gasteiger charge is 2.39. The Hall–Kier alpha value is -3.02. The van der Waals surface area contributed by atoms with Crippen molar-refractivity contribution in [1.29, 1.82) is 0 Å². The van der Waals surface area contributed by atoms with Crippen molar-refractivity contribution in [2.45, 2.75) is 61.5 Å². The van der Waals surface area contributed by atoms with E-state index in [1.165, 1.54) is 18.2 Å². The highest BCUT2D eigenvalue weighted by molar-refractivity contribution is 7.89. The molecule has 4 rings (SSSR count). The highest BCUT2D eigenvalue weighted by atomic mass is 32.2. The fourth-order valence-corrected chi connectivity index (χ4v) is 6.52. The third-order valence-corrected chi connectivity index (χ3v) is 8.86. The first-order valence-corrected chi connectivity index (χ1v) is 14.3. The number of sulfonamides is 1. The molecule has 0 bridgehead atoms. The van der Waals surface area contributed by atoms with Crippen LogP contribution in [0, 0.1) is 5.82 Å². The number of nitrogens with one attached hydrogen (secondary N) is 2.